The fourth-order valence-electron chi connectivity index (χ4n) is 1.99. The van der Waals surface area contributed by atoms with Crippen LogP contribution in [0.25, 0.3) is 11.0 Å². The van der Waals surface area contributed by atoms with Crippen LogP contribution < -0.4 is 5.73 Å². The van der Waals surface area contributed by atoms with E-state index in [1.165, 1.54) is 0 Å². The molecule has 2 rings (SSSR count). The fraction of sp³-hybridized carbons (Fsp3) is 0.308. The summed E-state index contributed by atoms with van der Waals surface area (Å²) in [6.07, 6.45) is 0.411. The Morgan fingerprint density at radius 1 is 1.47 bits per heavy atom. The Morgan fingerprint density at radius 2 is 2.18 bits per heavy atom. The molecule has 90 valence electrons. The SMILES string of the molecule is Cc1oc2ccccc2c1CC(CN)C(=O)O. The lowest BCUT2D eigenvalue weighted by Gasteiger charge is -2.08. The Bertz CT molecular complexity index is 545. The van der Waals surface area contributed by atoms with Crippen LogP contribution in [0.4, 0.5) is 0 Å². The van der Waals surface area contributed by atoms with Crippen LogP contribution in [0, 0.1) is 12.8 Å². The Morgan fingerprint density at radius 3 is 2.82 bits per heavy atom. The van der Waals surface area contributed by atoms with Crippen LogP contribution in [0.2, 0.25) is 0 Å². The lowest BCUT2D eigenvalue weighted by atomic mass is 9.97. The first-order valence-electron chi connectivity index (χ1n) is 5.53. The zero-order valence-electron chi connectivity index (χ0n) is 9.64. The second-order valence-electron chi connectivity index (χ2n) is 4.11. The van der Waals surface area contributed by atoms with Gasteiger partial charge in [-0.3, -0.25) is 4.79 Å². The first-order valence-corrected chi connectivity index (χ1v) is 5.53. The molecular weight excluding hydrogens is 218 g/mol. The molecule has 3 N–H and O–H groups in total. The van der Waals surface area contributed by atoms with E-state index in [1.54, 1.807) is 0 Å². The summed E-state index contributed by atoms with van der Waals surface area (Å²) in [5.74, 6) is -0.655. The van der Waals surface area contributed by atoms with Gasteiger partial charge in [-0.15, -0.1) is 0 Å². The Kier molecular flexibility index (Phi) is 3.15. The van der Waals surface area contributed by atoms with Gasteiger partial charge in [-0.1, -0.05) is 18.2 Å². The summed E-state index contributed by atoms with van der Waals surface area (Å²) < 4.78 is 5.59. The number of hydrogen-bond donors (Lipinski definition) is 2. The number of para-hydroxylation sites is 1. The van der Waals surface area contributed by atoms with Crippen molar-refractivity contribution in [2.24, 2.45) is 11.7 Å². The lowest BCUT2D eigenvalue weighted by Crippen LogP contribution is -2.25. The van der Waals surface area contributed by atoms with Crippen molar-refractivity contribution in [1.29, 1.82) is 0 Å². The quantitative estimate of drug-likeness (QED) is 0.846. The van der Waals surface area contributed by atoms with Crippen LogP contribution in [-0.2, 0) is 11.2 Å². The number of carboxylic acid groups (broad SMARTS) is 1. The Labute approximate surface area is 99.0 Å². The summed E-state index contributed by atoms with van der Waals surface area (Å²) in [5.41, 5.74) is 7.21. The number of aliphatic carboxylic acids is 1. The number of benzene rings is 1. The van der Waals surface area contributed by atoms with Crippen molar-refractivity contribution >= 4 is 16.9 Å². The molecule has 1 aromatic heterocycles. The average molecular weight is 233 g/mol. The normalized spacial score (nSPS) is 12.8. The molecule has 1 heterocycles. The van der Waals surface area contributed by atoms with Crippen molar-refractivity contribution in [2.45, 2.75) is 13.3 Å². The maximum Gasteiger partial charge on any atom is 0.308 e. The van der Waals surface area contributed by atoms with Gasteiger partial charge in [0, 0.05) is 17.5 Å². The molecule has 17 heavy (non-hydrogen) atoms. The number of fused-ring (bicyclic) bond motifs is 1. The first kappa shape index (κ1) is 11.7. The zero-order valence-corrected chi connectivity index (χ0v) is 9.64. The van der Waals surface area contributed by atoms with Gasteiger partial charge in [0.05, 0.1) is 5.92 Å². The molecule has 2 aromatic rings. The van der Waals surface area contributed by atoms with Crippen LogP contribution in [-0.4, -0.2) is 17.6 Å². The van der Waals surface area contributed by atoms with E-state index >= 15 is 0 Å². The van der Waals surface area contributed by atoms with Gasteiger partial charge in [0.1, 0.15) is 11.3 Å². The van der Waals surface area contributed by atoms with Gasteiger partial charge >= 0.3 is 5.97 Å². The van der Waals surface area contributed by atoms with Crippen LogP contribution in [0.1, 0.15) is 11.3 Å². The maximum atomic E-state index is 11.0. The Hall–Kier alpha value is -1.81. The predicted octanol–water partition coefficient (Wildman–Crippen LogP) is 1.94. The number of nitrogens with two attached hydrogens (primary N) is 1. The molecule has 0 saturated carbocycles. The minimum Gasteiger partial charge on any atom is -0.481 e. The number of carboxylic acids is 1. The van der Waals surface area contributed by atoms with Gasteiger partial charge in [-0.05, 0) is 19.4 Å². The number of furan rings is 1. The van der Waals surface area contributed by atoms with E-state index in [0.717, 1.165) is 22.3 Å². The number of carbonyl (C=O) groups is 1. The number of aryl methyl sites for hydroxylation is 1. The van der Waals surface area contributed by atoms with E-state index in [-0.39, 0.29) is 6.54 Å². The van der Waals surface area contributed by atoms with Crippen LogP contribution in [0.15, 0.2) is 28.7 Å². The third-order valence-electron chi connectivity index (χ3n) is 2.98. The van der Waals surface area contributed by atoms with Crippen molar-refractivity contribution < 1.29 is 14.3 Å². The highest BCUT2D eigenvalue weighted by atomic mass is 16.4. The first-order chi connectivity index (χ1) is 8.13. The topological polar surface area (TPSA) is 76.5 Å². The highest BCUT2D eigenvalue weighted by molar-refractivity contribution is 5.83. The summed E-state index contributed by atoms with van der Waals surface area (Å²) in [7, 11) is 0. The van der Waals surface area contributed by atoms with Gasteiger partial charge < -0.3 is 15.3 Å². The zero-order chi connectivity index (χ0) is 12.4. The van der Waals surface area contributed by atoms with Gasteiger partial charge in [0.15, 0.2) is 0 Å². The molecule has 0 bridgehead atoms. The average Bonchev–Trinajstić information content (AvgIpc) is 2.61. The highest BCUT2D eigenvalue weighted by Crippen LogP contribution is 2.27. The second-order valence-corrected chi connectivity index (χ2v) is 4.11. The molecule has 1 aromatic carbocycles. The molecule has 0 spiro atoms. The fourth-order valence-corrected chi connectivity index (χ4v) is 1.99. The molecule has 1 unspecified atom stereocenters. The largest absolute Gasteiger partial charge is 0.481 e. The third kappa shape index (κ3) is 2.17. The maximum absolute atomic E-state index is 11.0. The van der Waals surface area contributed by atoms with Crippen molar-refractivity contribution in [3.05, 3.63) is 35.6 Å². The third-order valence-corrected chi connectivity index (χ3v) is 2.98. The smallest absolute Gasteiger partial charge is 0.308 e. The van der Waals surface area contributed by atoms with Crippen LogP contribution in [0.3, 0.4) is 0 Å². The van der Waals surface area contributed by atoms with E-state index in [2.05, 4.69) is 0 Å². The van der Waals surface area contributed by atoms with Crippen molar-refractivity contribution in [3.63, 3.8) is 0 Å². The van der Waals surface area contributed by atoms with E-state index in [9.17, 15) is 4.79 Å². The monoisotopic (exact) mass is 233 g/mol. The number of hydrogen-bond acceptors (Lipinski definition) is 3. The van der Waals surface area contributed by atoms with Gasteiger partial charge in [0.2, 0.25) is 0 Å². The standard InChI is InChI=1S/C13H15NO3/c1-8-11(6-9(7-14)13(15)16)10-4-2-3-5-12(10)17-8/h2-5,9H,6-7,14H2,1H3,(H,15,16). The molecule has 0 aliphatic carbocycles. The summed E-state index contributed by atoms with van der Waals surface area (Å²) >= 11 is 0. The van der Waals surface area contributed by atoms with E-state index in [4.69, 9.17) is 15.3 Å². The van der Waals surface area contributed by atoms with Gasteiger partial charge in [-0.2, -0.15) is 0 Å². The molecule has 1 atom stereocenters. The van der Waals surface area contributed by atoms with Gasteiger partial charge in [0.25, 0.3) is 0 Å². The molecular formula is C13H15NO3. The van der Waals surface area contributed by atoms with Crippen molar-refractivity contribution in [1.82, 2.24) is 0 Å². The molecule has 0 fully saturated rings. The highest BCUT2D eigenvalue weighted by Gasteiger charge is 2.20. The summed E-state index contributed by atoms with van der Waals surface area (Å²) in [4.78, 5) is 11.0. The molecule has 4 heteroatoms. The molecule has 0 aliphatic heterocycles. The number of rotatable bonds is 4. The van der Waals surface area contributed by atoms with E-state index < -0.39 is 11.9 Å². The van der Waals surface area contributed by atoms with E-state index in [1.807, 2.05) is 31.2 Å². The molecule has 0 radical (unpaired) electrons. The predicted molar refractivity (Wildman–Crippen MR) is 64.8 cm³/mol. The van der Waals surface area contributed by atoms with Gasteiger partial charge in [-0.25, -0.2) is 0 Å². The summed E-state index contributed by atoms with van der Waals surface area (Å²) in [6.45, 7) is 1.99. The van der Waals surface area contributed by atoms with Crippen LogP contribution >= 0.6 is 0 Å². The molecule has 0 saturated heterocycles. The second kappa shape index (κ2) is 4.59. The molecule has 4 nitrogen and oxygen atoms in total. The van der Waals surface area contributed by atoms with Crippen molar-refractivity contribution in [2.75, 3.05) is 6.54 Å². The molecule has 0 aliphatic rings. The minimum absolute atomic E-state index is 0.133. The summed E-state index contributed by atoms with van der Waals surface area (Å²) in [5, 5.41) is 10.0. The molecule has 0 amide bonds. The minimum atomic E-state index is -0.864. The summed E-state index contributed by atoms with van der Waals surface area (Å²) in [6, 6.07) is 7.63. The van der Waals surface area contributed by atoms with Crippen molar-refractivity contribution in [3.8, 4) is 0 Å². The lowest BCUT2D eigenvalue weighted by molar-refractivity contribution is -0.141. The van der Waals surface area contributed by atoms with E-state index in [0.29, 0.717) is 6.42 Å². The Balaban J connectivity index is 2.41. The van der Waals surface area contributed by atoms with Crippen LogP contribution in [0.5, 0.6) is 0 Å².